The number of fused-ring (bicyclic) bond motifs is 4. The number of nitrogens with one attached hydrogen (secondary N) is 1. The molecule has 3 aliphatic rings. The Morgan fingerprint density at radius 3 is 2.73 bits per heavy atom. The standard InChI is InChI=1S/C27H38N4O2/c1-6-7-22(32)31-14-11-27(12-15-31)24-23(20-9-8-18(2)16-21(20)33-27)29-25(30(24)5)19-10-13-28-26(3,4)17-19/h8-9,16,19,28H,6-7,10-15,17H2,1-5H3/t19-/m1/s1. The highest BCUT2D eigenvalue weighted by atomic mass is 16.5. The van der Waals surface area contributed by atoms with Gasteiger partial charge < -0.3 is 19.5 Å². The second kappa shape index (κ2) is 8.15. The molecule has 3 aliphatic heterocycles. The Labute approximate surface area is 197 Å². The summed E-state index contributed by atoms with van der Waals surface area (Å²) in [6.07, 6.45) is 5.30. The highest BCUT2D eigenvalue weighted by Gasteiger charge is 2.48. The van der Waals surface area contributed by atoms with Gasteiger partial charge in [-0.15, -0.1) is 0 Å². The number of hydrogen-bond donors (Lipinski definition) is 1. The number of ether oxygens (including phenoxy) is 1. The first-order chi connectivity index (χ1) is 15.7. The van der Waals surface area contributed by atoms with Crippen molar-refractivity contribution in [3.8, 4) is 17.0 Å². The topological polar surface area (TPSA) is 59.4 Å². The van der Waals surface area contributed by atoms with Crippen LogP contribution in [0.3, 0.4) is 0 Å². The molecule has 0 saturated carbocycles. The number of nitrogens with zero attached hydrogens (tertiary/aromatic N) is 3. The van der Waals surface area contributed by atoms with Gasteiger partial charge in [-0.3, -0.25) is 4.79 Å². The van der Waals surface area contributed by atoms with Crippen molar-refractivity contribution in [3.63, 3.8) is 0 Å². The lowest BCUT2D eigenvalue weighted by molar-refractivity contribution is -0.135. The van der Waals surface area contributed by atoms with Crippen LogP contribution in [0, 0.1) is 6.92 Å². The fourth-order valence-electron chi connectivity index (χ4n) is 6.18. The second-order valence-electron chi connectivity index (χ2n) is 11.0. The molecule has 6 nitrogen and oxygen atoms in total. The smallest absolute Gasteiger partial charge is 0.222 e. The predicted octanol–water partition coefficient (Wildman–Crippen LogP) is 4.65. The molecule has 0 radical (unpaired) electrons. The van der Waals surface area contributed by atoms with Gasteiger partial charge in [0.05, 0.1) is 11.4 Å². The molecule has 0 bridgehead atoms. The number of likely N-dealkylation sites (tertiary alicyclic amines) is 1. The van der Waals surface area contributed by atoms with Gasteiger partial charge in [0.2, 0.25) is 5.91 Å². The van der Waals surface area contributed by atoms with Gasteiger partial charge in [-0.25, -0.2) is 4.98 Å². The highest BCUT2D eigenvalue weighted by Crippen LogP contribution is 2.50. The molecule has 33 heavy (non-hydrogen) atoms. The van der Waals surface area contributed by atoms with Crippen molar-refractivity contribution in [2.45, 2.75) is 83.3 Å². The van der Waals surface area contributed by atoms with Gasteiger partial charge >= 0.3 is 0 Å². The van der Waals surface area contributed by atoms with Crippen LogP contribution in [0.4, 0.5) is 0 Å². The lowest BCUT2D eigenvalue weighted by Crippen LogP contribution is -2.50. The average molecular weight is 451 g/mol. The lowest BCUT2D eigenvalue weighted by atomic mass is 9.82. The van der Waals surface area contributed by atoms with Gasteiger partial charge in [0.25, 0.3) is 0 Å². The van der Waals surface area contributed by atoms with E-state index in [1.807, 2.05) is 4.90 Å². The molecule has 1 amide bonds. The van der Waals surface area contributed by atoms with E-state index in [1.165, 1.54) is 17.1 Å². The first-order valence-electron chi connectivity index (χ1n) is 12.6. The Morgan fingerprint density at radius 2 is 2.03 bits per heavy atom. The third-order valence-electron chi connectivity index (χ3n) is 7.86. The zero-order chi connectivity index (χ0) is 23.4. The summed E-state index contributed by atoms with van der Waals surface area (Å²) in [6, 6.07) is 6.47. The van der Waals surface area contributed by atoms with Crippen LogP contribution in [0.5, 0.6) is 5.75 Å². The fourth-order valence-corrected chi connectivity index (χ4v) is 6.18. The maximum absolute atomic E-state index is 12.6. The van der Waals surface area contributed by atoms with Gasteiger partial charge in [-0.2, -0.15) is 0 Å². The van der Waals surface area contributed by atoms with E-state index >= 15 is 0 Å². The summed E-state index contributed by atoms with van der Waals surface area (Å²) in [7, 11) is 2.18. The van der Waals surface area contributed by atoms with Crippen LogP contribution in [-0.4, -0.2) is 45.5 Å². The van der Waals surface area contributed by atoms with E-state index < -0.39 is 5.60 Å². The largest absolute Gasteiger partial charge is 0.480 e. The summed E-state index contributed by atoms with van der Waals surface area (Å²) in [4.78, 5) is 19.9. The molecule has 2 saturated heterocycles. The van der Waals surface area contributed by atoms with Crippen LogP contribution in [0.15, 0.2) is 18.2 Å². The van der Waals surface area contributed by atoms with E-state index in [4.69, 9.17) is 9.72 Å². The van der Waals surface area contributed by atoms with Crippen molar-refractivity contribution in [1.82, 2.24) is 19.8 Å². The van der Waals surface area contributed by atoms with Gasteiger partial charge in [0, 0.05) is 56.4 Å². The molecule has 1 N–H and O–H groups in total. The van der Waals surface area contributed by atoms with Crippen molar-refractivity contribution in [2.24, 2.45) is 7.05 Å². The van der Waals surface area contributed by atoms with Gasteiger partial charge in [0.15, 0.2) is 5.60 Å². The molecule has 1 aromatic heterocycles. The zero-order valence-corrected chi connectivity index (χ0v) is 20.8. The Kier molecular flexibility index (Phi) is 5.55. The van der Waals surface area contributed by atoms with E-state index in [9.17, 15) is 4.79 Å². The summed E-state index contributed by atoms with van der Waals surface area (Å²) >= 11 is 0. The Hall–Kier alpha value is -2.34. The molecule has 178 valence electrons. The van der Waals surface area contributed by atoms with Crippen LogP contribution < -0.4 is 10.1 Å². The maximum atomic E-state index is 12.6. The molecule has 1 aromatic carbocycles. The van der Waals surface area contributed by atoms with Crippen molar-refractivity contribution in [3.05, 3.63) is 35.3 Å². The lowest BCUT2D eigenvalue weighted by Gasteiger charge is -2.44. The molecule has 1 spiro atoms. The summed E-state index contributed by atoms with van der Waals surface area (Å²) in [6.45, 7) is 11.2. The highest BCUT2D eigenvalue weighted by molar-refractivity contribution is 5.77. The van der Waals surface area contributed by atoms with E-state index in [-0.39, 0.29) is 11.4 Å². The van der Waals surface area contributed by atoms with Crippen LogP contribution in [0.25, 0.3) is 11.3 Å². The van der Waals surface area contributed by atoms with E-state index in [2.05, 4.69) is 62.8 Å². The first-order valence-corrected chi connectivity index (χ1v) is 12.6. The minimum Gasteiger partial charge on any atom is -0.480 e. The maximum Gasteiger partial charge on any atom is 0.222 e. The quantitative estimate of drug-likeness (QED) is 0.739. The fraction of sp³-hybridized carbons (Fsp3) is 0.630. The summed E-state index contributed by atoms with van der Waals surface area (Å²) in [5.74, 6) is 2.80. The van der Waals surface area contributed by atoms with Crippen LogP contribution in [0.1, 0.15) is 82.3 Å². The average Bonchev–Trinajstić information content (AvgIpc) is 3.12. The molecule has 5 rings (SSSR count). The van der Waals surface area contributed by atoms with Gasteiger partial charge in [-0.05, 0) is 64.3 Å². The van der Waals surface area contributed by atoms with Crippen molar-refractivity contribution in [1.29, 1.82) is 0 Å². The molecule has 0 aliphatic carbocycles. The minimum absolute atomic E-state index is 0.115. The number of benzene rings is 1. The normalized spacial score (nSPS) is 23.1. The van der Waals surface area contributed by atoms with E-state index in [0.717, 1.165) is 68.7 Å². The molecular formula is C27H38N4O2. The predicted molar refractivity (Wildman–Crippen MR) is 130 cm³/mol. The third kappa shape index (κ3) is 3.86. The van der Waals surface area contributed by atoms with Crippen LogP contribution in [0.2, 0.25) is 0 Å². The van der Waals surface area contributed by atoms with Crippen molar-refractivity contribution < 1.29 is 9.53 Å². The number of rotatable bonds is 3. The zero-order valence-electron chi connectivity index (χ0n) is 20.8. The number of imidazole rings is 1. The first kappa shape index (κ1) is 22.5. The third-order valence-corrected chi connectivity index (χ3v) is 7.86. The second-order valence-corrected chi connectivity index (χ2v) is 11.0. The van der Waals surface area contributed by atoms with E-state index in [0.29, 0.717) is 12.3 Å². The number of carbonyl (C=O) groups excluding carboxylic acids is 1. The molecule has 2 fully saturated rings. The van der Waals surface area contributed by atoms with Gasteiger partial charge in [0.1, 0.15) is 11.6 Å². The SMILES string of the molecule is CCCC(=O)N1CCC2(CC1)Oc1cc(C)ccc1-c1nc([C@@H]3CCNC(C)(C)C3)n(C)c12. The van der Waals surface area contributed by atoms with Crippen LogP contribution in [-0.2, 0) is 17.4 Å². The molecule has 1 atom stereocenters. The molecule has 0 unspecified atom stereocenters. The van der Waals surface area contributed by atoms with Gasteiger partial charge in [-0.1, -0.05) is 13.0 Å². The Balaban J connectivity index is 1.56. The number of aryl methyl sites for hydroxylation is 1. The Morgan fingerprint density at radius 1 is 1.27 bits per heavy atom. The minimum atomic E-state index is -0.429. The number of aromatic nitrogens is 2. The summed E-state index contributed by atoms with van der Waals surface area (Å²) in [5, 5.41) is 3.64. The van der Waals surface area contributed by atoms with Crippen LogP contribution >= 0.6 is 0 Å². The van der Waals surface area contributed by atoms with Crippen molar-refractivity contribution in [2.75, 3.05) is 19.6 Å². The number of hydrogen-bond acceptors (Lipinski definition) is 4. The number of carbonyl (C=O) groups is 1. The molecular weight excluding hydrogens is 412 g/mol. The summed E-state index contributed by atoms with van der Waals surface area (Å²) in [5.41, 5.74) is 4.26. The molecule has 6 heteroatoms. The number of piperidine rings is 2. The van der Waals surface area contributed by atoms with E-state index in [1.54, 1.807) is 0 Å². The Bertz CT molecular complexity index is 1060. The summed E-state index contributed by atoms with van der Waals surface area (Å²) < 4.78 is 9.21. The number of amides is 1. The molecule has 2 aromatic rings. The molecule has 4 heterocycles. The van der Waals surface area contributed by atoms with Crippen molar-refractivity contribution >= 4 is 5.91 Å². The monoisotopic (exact) mass is 450 g/mol.